The second kappa shape index (κ2) is 6.82. The Bertz CT molecular complexity index is 517. The molecule has 0 spiro atoms. The van der Waals surface area contributed by atoms with E-state index < -0.39 is 0 Å². The van der Waals surface area contributed by atoms with Gasteiger partial charge in [-0.2, -0.15) is 0 Å². The molecule has 3 nitrogen and oxygen atoms in total. The predicted octanol–water partition coefficient (Wildman–Crippen LogP) is 4.04. The van der Waals surface area contributed by atoms with Crippen LogP contribution in [0.5, 0.6) is 0 Å². The summed E-state index contributed by atoms with van der Waals surface area (Å²) in [5.74, 6) is 0.615. The van der Waals surface area contributed by atoms with E-state index >= 15 is 0 Å². The van der Waals surface area contributed by atoms with Crippen molar-refractivity contribution in [1.82, 2.24) is 10.3 Å². The summed E-state index contributed by atoms with van der Waals surface area (Å²) in [4.78, 5) is 17.4. The van der Waals surface area contributed by atoms with Crippen molar-refractivity contribution in [3.8, 4) is 9.88 Å². The van der Waals surface area contributed by atoms with Crippen LogP contribution in [-0.4, -0.2) is 17.4 Å². The molecule has 2 aromatic heterocycles. The molecule has 0 bridgehead atoms. The topological polar surface area (TPSA) is 42.0 Å². The van der Waals surface area contributed by atoms with E-state index in [0.717, 1.165) is 29.3 Å². The Labute approximate surface area is 121 Å². The summed E-state index contributed by atoms with van der Waals surface area (Å²) >= 11 is 3.16. The van der Waals surface area contributed by atoms with E-state index in [0.29, 0.717) is 11.6 Å². The highest BCUT2D eigenvalue weighted by atomic mass is 32.1. The van der Waals surface area contributed by atoms with E-state index in [1.54, 1.807) is 11.3 Å². The van der Waals surface area contributed by atoms with Gasteiger partial charge in [0, 0.05) is 11.9 Å². The van der Waals surface area contributed by atoms with Crippen molar-refractivity contribution in [2.24, 2.45) is 5.92 Å². The lowest BCUT2D eigenvalue weighted by Crippen LogP contribution is -2.24. The smallest absolute Gasteiger partial charge is 0.270 e. The zero-order chi connectivity index (χ0) is 13.7. The van der Waals surface area contributed by atoms with E-state index in [1.807, 2.05) is 22.9 Å². The summed E-state index contributed by atoms with van der Waals surface area (Å²) in [5, 5.41) is 7.68. The van der Waals surface area contributed by atoms with Crippen LogP contribution in [-0.2, 0) is 0 Å². The van der Waals surface area contributed by atoms with Crippen LogP contribution in [0.1, 0.15) is 37.2 Å². The molecule has 19 heavy (non-hydrogen) atoms. The van der Waals surface area contributed by atoms with Crippen molar-refractivity contribution in [2.45, 2.75) is 26.7 Å². The molecule has 0 aromatic carbocycles. The van der Waals surface area contributed by atoms with Gasteiger partial charge in [0.2, 0.25) is 0 Å². The minimum absolute atomic E-state index is 0.0668. The van der Waals surface area contributed by atoms with Crippen LogP contribution in [0, 0.1) is 5.92 Å². The lowest BCUT2D eigenvalue weighted by molar-refractivity contribution is 0.0948. The minimum Gasteiger partial charge on any atom is -0.351 e. The summed E-state index contributed by atoms with van der Waals surface area (Å²) in [6, 6.07) is 4.01. The highest BCUT2D eigenvalue weighted by Crippen LogP contribution is 2.27. The largest absolute Gasteiger partial charge is 0.351 e. The Morgan fingerprint density at radius 2 is 2.26 bits per heavy atom. The number of thiophene rings is 1. The Kier molecular flexibility index (Phi) is 5.10. The highest BCUT2D eigenvalue weighted by molar-refractivity contribution is 7.20. The number of amides is 1. The summed E-state index contributed by atoms with van der Waals surface area (Å²) in [6.07, 6.45) is 2.16. The van der Waals surface area contributed by atoms with Crippen molar-refractivity contribution >= 4 is 28.6 Å². The van der Waals surface area contributed by atoms with Crippen LogP contribution in [0.4, 0.5) is 0 Å². The number of carbonyl (C=O) groups excluding carboxylic acids is 1. The van der Waals surface area contributed by atoms with E-state index in [9.17, 15) is 4.79 Å². The van der Waals surface area contributed by atoms with Gasteiger partial charge < -0.3 is 5.32 Å². The Morgan fingerprint density at radius 1 is 1.42 bits per heavy atom. The van der Waals surface area contributed by atoms with Crippen LogP contribution >= 0.6 is 22.7 Å². The van der Waals surface area contributed by atoms with Gasteiger partial charge in [-0.05, 0) is 30.2 Å². The lowest BCUT2D eigenvalue weighted by Gasteiger charge is -2.05. The molecule has 0 atom stereocenters. The molecule has 0 aliphatic rings. The third-order valence-corrected chi connectivity index (χ3v) is 4.59. The molecule has 5 heteroatoms. The molecule has 0 fully saturated rings. The average molecular weight is 294 g/mol. The molecule has 0 aliphatic heterocycles. The van der Waals surface area contributed by atoms with Crippen LogP contribution in [0.2, 0.25) is 0 Å². The van der Waals surface area contributed by atoms with Crippen LogP contribution in [0.25, 0.3) is 9.88 Å². The van der Waals surface area contributed by atoms with Crippen molar-refractivity contribution in [1.29, 1.82) is 0 Å². The molecule has 0 saturated heterocycles. The number of aromatic nitrogens is 1. The number of nitrogens with one attached hydrogen (secondary N) is 1. The van der Waals surface area contributed by atoms with Crippen LogP contribution in [0.15, 0.2) is 22.9 Å². The second-order valence-electron chi connectivity index (χ2n) is 4.81. The van der Waals surface area contributed by atoms with Gasteiger partial charge in [0.25, 0.3) is 5.91 Å². The standard InChI is InChI=1S/C14H18N2OS2/c1-10(2)5-3-7-15-13(17)11-9-19-14(16-11)12-6-4-8-18-12/h4,6,8-10H,3,5,7H2,1-2H3,(H,15,17). The maximum absolute atomic E-state index is 11.9. The van der Waals surface area contributed by atoms with Gasteiger partial charge >= 0.3 is 0 Å². The van der Waals surface area contributed by atoms with Gasteiger partial charge in [-0.1, -0.05) is 19.9 Å². The van der Waals surface area contributed by atoms with Gasteiger partial charge in [-0.3, -0.25) is 4.79 Å². The minimum atomic E-state index is -0.0668. The monoisotopic (exact) mass is 294 g/mol. The lowest BCUT2D eigenvalue weighted by atomic mass is 10.1. The normalized spacial score (nSPS) is 10.9. The van der Waals surface area contributed by atoms with E-state index in [2.05, 4.69) is 24.1 Å². The number of carbonyl (C=O) groups is 1. The second-order valence-corrected chi connectivity index (χ2v) is 6.61. The van der Waals surface area contributed by atoms with Crippen molar-refractivity contribution in [2.75, 3.05) is 6.54 Å². The summed E-state index contributed by atoms with van der Waals surface area (Å²) in [5.41, 5.74) is 0.526. The fourth-order valence-corrected chi connectivity index (χ4v) is 3.31. The number of hydrogen-bond donors (Lipinski definition) is 1. The Balaban J connectivity index is 1.86. The fraction of sp³-hybridized carbons (Fsp3) is 0.429. The molecule has 2 aromatic rings. The maximum atomic E-state index is 11.9. The Morgan fingerprint density at radius 3 is 2.95 bits per heavy atom. The fourth-order valence-electron chi connectivity index (χ4n) is 1.69. The molecule has 1 N–H and O–H groups in total. The molecule has 102 valence electrons. The average Bonchev–Trinajstić information content (AvgIpc) is 3.03. The summed E-state index contributed by atoms with van der Waals surface area (Å²) in [7, 11) is 0. The zero-order valence-corrected chi connectivity index (χ0v) is 12.8. The summed E-state index contributed by atoms with van der Waals surface area (Å²) < 4.78 is 0. The van der Waals surface area contributed by atoms with Crippen LogP contribution in [0.3, 0.4) is 0 Å². The van der Waals surface area contributed by atoms with Gasteiger partial charge in [0.05, 0.1) is 4.88 Å². The molecule has 0 saturated carbocycles. The third-order valence-electron chi connectivity index (χ3n) is 2.71. The number of thiazole rings is 1. The molecule has 2 rings (SSSR count). The molecular weight excluding hydrogens is 276 g/mol. The molecule has 1 amide bonds. The van der Waals surface area contributed by atoms with Gasteiger partial charge in [-0.15, -0.1) is 22.7 Å². The third kappa shape index (κ3) is 4.14. The maximum Gasteiger partial charge on any atom is 0.270 e. The van der Waals surface area contributed by atoms with E-state index in [4.69, 9.17) is 0 Å². The predicted molar refractivity (Wildman–Crippen MR) is 81.8 cm³/mol. The van der Waals surface area contributed by atoms with E-state index in [-0.39, 0.29) is 5.91 Å². The first-order valence-electron chi connectivity index (χ1n) is 6.44. The molecule has 2 heterocycles. The van der Waals surface area contributed by atoms with Crippen molar-refractivity contribution < 1.29 is 4.79 Å². The van der Waals surface area contributed by atoms with Gasteiger partial charge in [0.1, 0.15) is 10.7 Å². The molecule has 0 unspecified atom stereocenters. The number of hydrogen-bond acceptors (Lipinski definition) is 4. The highest BCUT2D eigenvalue weighted by Gasteiger charge is 2.11. The first-order valence-corrected chi connectivity index (χ1v) is 8.20. The number of rotatable bonds is 6. The van der Waals surface area contributed by atoms with Crippen molar-refractivity contribution in [3.63, 3.8) is 0 Å². The SMILES string of the molecule is CC(C)CCCNC(=O)c1csc(-c2cccs2)n1. The zero-order valence-electron chi connectivity index (χ0n) is 11.2. The van der Waals surface area contributed by atoms with Gasteiger partial charge in [-0.25, -0.2) is 4.98 Å². The van der Waals surface area contributed by atoms with Crippen LogP contribution < -0.4 is 5.32 Å². The Hall–Kier alpha value is -1.20. The molecular formula is C14H18N2OS2. The quantitative estimate of drug-likeness (QED) is 0.817. The summed E-state index contributed by atoms with van der Waals surface area (Å²) in [6.45, 7) is 5.11. The first kappa shape index (κ1) is 14.2. The first-order chi connectivity index (χ1) is 9.16. The van der Waals surface area contributed by atoms with E-state index in [1.165, 1.54) is 11.3 Å². The van der Waals surface area contributed by atoms with Gasteiger partial charge in [0.15, 0.2) is 0 Å². The van der Waals surface area contributed by atoms with Crippen molar-refractivity contribution in [3.05, 3.63) is 28.6 Å². The molecule has 0 aliphatic carbocycles. The molecule has 0 radical (unpaired) electrons. The number of nitrogens with zero attached hydrogens (tertiary/aromatic N) is 1.